The van der Waals surface area contributed by atoms with Gasteiger partial charge in [-0.2, -0.15) is 0 Å². The molecule has 0 bridgehead atoms. The zero-order chi connectivity index (χ0) is 19.3. The number of aromatic nitrogens is 2. The van der Waals surface area contributed by atoms with Crippen LogP contribution in [-0.2, 0) is 12.8 Å². The first kappa shape index (κ1) is 18.3. The molecule has 3 aromatic rings. The summed E-state index contributed by atoms with van der Waals surface area (Å²) >= 11 is 3.33. The lowest BCUT2D eigenvalue weighted by molar-refractivity contribution is 0.102. The molecule has 1 atom stereocenters. The monoisotopic (exact) mass is 412 g/mol. The third-order valence-corrected chi connectivity index (χ3v) is 7.71. The van der Waals surface area contributed by atoms with Gasteiger partial charge in [-0.3, -0.25) is 4.79 Å². The van der Waals surface area contributed by atoms with Crippen molar-refractivity contribution in [1.82, 2.24) is 9.97 Å². The van der Waals surface area contributed by atoms with E-state index in [1.54, 1.807) is 12.1 Å². The topological polar surface area (TPSA) is 42.9 Å². The maximum absolute atomic E-state index is 13.1. The molecule has 0 amide bonds. The van der Waals surface area contributed by atoms with E-state index in [0.29, 0.717) is 23.2 Å². The van der Waals surface area contributed by atoms with E-state index < -0.39 is 0 Å². The number of hydrogen-bond donors (Lipinski definition) is 0. The van der Waals surface area contributed by atoms with Gasteiger partial charge in [0.2, 0.25) is 0 Å². The molecule has 1 unspecified atom stereocenters. The number of ketones is 1. The van der Waals surface area contributed by atoms with E-state index in [2.05, 4.69) is 6.92 Å². The number of carbonyl (C=O) groups is 1. The van der Waals surface area contributed by atoms with Crippen LogP contribution in [-0.4, -0.2) is 21.5 Å². The predicted molar refractivity (Wildman–Crippen MR) is 112 cm³/mol. The summed E-state index contributed by atoms with van der Waals surface area (Å²) < 4.78 is 13.1. The molecule has 0 radical (unpaired) electrons. The Morgan fingerprint density at radius 2 is 2.00 bits per heavy atom. The first-order chi connectivity index (χ1) is 13.6. The van der Waals surface area contributed by atoms with E-state index in [0.717, 1.165) is 41.4 Å². The highest BCUT2D eigenvalue weighted by atomic mass is 32.2. The van der Waals surface area contributed by atoms with Crippen molar-refractivity contribution < 1.29 is 9.18 Å². The van der Waals surface area contributed by atoms with E-state index >= 15 is 0 Å². The SMILES string of the molecule is CC1CCc2c(sc3nc(C4CC4)nc(SCC(=O)c4ccc(F)cc4)c23)C1. The number of fused-ring (bicyclic) bond motifs is 3. The molecular formula is C22H21FN2OS2. The average Bonchev–Trinajstić information content (AvgIpc) is 3.47. The summed E-state index contributed by atoms with van der Waals surface area (Å²) in [7, 11) is 0. The Hall–Kier alpha value is -1.79. The minimum Gasteiger partial charge on any atom is -0.293 e. The second kappa shape index (κ2) is 7.23. The lowest BCUT2D eigenvalue weighted by atomic mass is 9.89. The van der Waals surface area contributed by atoms with Gasteiger partial charge in [0.25, 0.3) is 0 Å². The van der Waals surface area contributed by atoms with Crippen LogP contribution >= 0.6 is 23.1 Å². The van der Waals surface area contributed by atoms with Crippen LogP contribution in [0.3, 0.4) is 0 Å². The number of aryl methyl sites for hydroxylation is 1. The second-order valence-electron chi connectivity index (χ2n) is 7.91. The third-order valence-electron chi connectivity index (χ3n) is 5.59. The van der Waals surface area contributed by atoms with Gasteiger partial charge in [0, 0.05) is 21.7 Å². The number of nitrogens with zero attached hydrogens (tertiary/aromatic N) is 2. The van der Waals surface area contributed by atoms with E-state index in [9.17, 15) is 9.18 Å². The summed E-state index contributed by atoms with van der Waals surface area (Å²) in [6, 6.07) is 5.78. The zero-order valence-electron chi connectivity index (χ0n) is 15.7. The highest BCUT2D eigenvalue weighted by molar-refractivity contribution is 8.00. The molecule has 1 fully saturated rings. The molecule has 2 heterocycles. The molecular weight excluding hydrogens is 391 g/mol. The van der Waals surface area contributed by atoms with Crippen molar-refractivity contribution in [2.45, 2.75) is 50.0 Å². The third kappa shape index (κ3) is 3.48. The number of hydrogen-bond acceptors (Lipinski definition) is 5. The van der Waals surface area contributed by atoms with Crippen molar-refractivity contribution in [3.05, 3.63) is 51.9 Å². The summed E-state index contributed by atoms with van der Waals surface area (Å²) in [5.41, 5.74) is 1.94. The lowest BCUT2D eigenvalue weighted by Gasteiger charge is -2.18. The number of Topliss-reactive ketones (excluding diaryl/α,β-unsaturated/α-hetero) is 1. The fraction of sp³-hybridized carbons (Fsp3) is 0.409. The van der Waals surface area contributed by atoms with E-state index in [-0.39, 0.29) is 11.6 Å². The molecule has 2 aliphatic rings. The first-order valence-corrected chi connectivity index (χ1v) is 11.6. The molecule has 3 nitrogen and oxygen atoms in total. The van der Waals surface area contributed by atoms with Crippen molar-refractivity contribution in [3.63, 3.8) is 0 Å². The van der Waals surface area contributed by atoms with Crippen LogP contribution in [0, 0.1) is 11.7 Å². The number of carbonyl (C=O) groups excluding carboxylic acids is 1. The van der Waals surface area contributed by atoms with Gasteiger partial charge < -0.3 is 0 Å². The summed E-state index contributed by atoms with van der Waals surface area (Å²) in [6.07, 6.45) is 5.70. The van der Waals surface area contributed by atoms with Crippen LogP contribution in [0.15, 0.2) is 29.3 Å². The van der Waals surface area contributed by atoms with Gasteiger partial charge in [0.1, 0.15) is 21.5 Å². The molecule has 1 saturated carbocycles. The number of halogens is 1. The van der Waals surface area contributed by atoms with Crippen molar-refractivity contribution >= 4 is 39.1 Å². The molecule has 0 spiro atoms. The minimum absolute atomic E-state index is 0.00227. The fourth-order valence-corrected chi connectivity index (χ4v) is 6.22. The normalized spacial score (nSPS) is 19.0. The summed E-state index contributed by atoms with van der Waals surface area (Å²) in [5, 5.41) is 2.13. The lowest BCUT2D eigenvalue weighted by Crippen LogP contribution is -2.09. The van der Waals surface area contributed by atoms with Gasteiger partial charge in [-0.05, 0) is 67.9 Å². The number of benzene rings is 1. The van der Waals surface area contributed by atoms with Crippen molar-refractivity contribution in [2.24, 2.45) is 5.92 Å². The highest BCUT2D eigenvalue weighted by Gasteiger charge is 2.30. The quantitative estimate of drug-likeness (QED) is 0.301. The van der Waals surface area contributed by atoms with Gasteiger partial charge in [-0.1, -0.05) is 18.7 Å². The van der Waals surface area contributed by atoms with Crippen LogP contribution in [0.1, 0.15) is 58.7 Å². The average molecular weight is 413 g/mol. The maximum atomic E-state index is 13.1. The Morgan fingerprint density at radius 3 is 2.75 bits per heavy atom. The standard InChI is InChI=1S/C22H21FN2OS2/c1-12-2-9-16-18(10-12)28-22-19(16)21(24-20(25-22)14-3-4-14)27-11-17(26)13-5-7-15(23)8-6-13/h5-8,12,14H,2-4,9-11H2,1H3. The predicted octanol–water partition coefficient (Wildman–Crippen LogP) is 5.81. The van der Waals surface area contributed by atoms with Crippen LogP contribution in [0.4, 0.5) is 4.39 Å². The van der Waals surface area contributed by atoms with Crippen molar-refractivity contribution in [1.29, 1.82) is 0 Å². The zero-order valence-corrected chi connectivity index (χ0v) is 17.3. The molecule has 6 heteroatoms. The molecule has 28 heavy (non-hydrogen) atoms. The van der Waals surface area contributed by atoms with Crippen LogP contribution in [0.5, 0.6) is 0 Å². The van der Waals surface area contributed by atoms with E-state index in [1.807, 2.05) is 11.3 Å². The molecule has 5 rings (SSSR count). The van der Waals surface area contributed by atoms with Crippen molar-refractivity contribution in [3.8, 4) is 0 Å². The second-order valence-corrected chi connectivity index (χ2v) is 9.96. The first-order valence-electron chi connectivity index (χ1n) is 9.82. The van der Waals surface area contributed by atoms with Gasteiger partial charge >= 0.3 is 0 Å². The van der Waals surface area contributed by atoms with Crippen LogP contribution < -0.4 is 0 Å². The summed E-state index contributed by atoms with van der Waals surface area (Å²) in [5.74, 6) is 2.12. The number of rotatable bonds is 5. The largest absolute Gasteiger partial charge is 0.293 e. The molecule has 0 saturated heterocycles. The summed E-state index contributed by atoms with van der Waals surface area (Å²) in [4.78, 5) is 24.9. The Balaban J connectivity index is 1.48. The molecule has 1 aromatic carbocycles. The van der Waals surface area contributed by atoms with Crippen molar-refractivity contribution in [2.75, 3.05) is 5.75 Å². The van der Waals surface area contributed by atoms with E-state index in [4.69, 9.17) is 9.97 Å². The Morgan fingerprint density at radius 1 is 1.21 bits per heavy atom. The van der Waals surface area contributed by atoms with Crippen LogP contribution in [0.25, 0.3) is 10.2 Å². The Labute approximate surface area is 171 Å². The maximum Gasteiger partial charge on any atom is 0.173 e. The van der Waals surface area contributed by atoms with E-state index in [1.165, 1.54) is 46.1 Å². The molecule has 0 aliphatic heterocycles. The van der Waals surface area contributed by atoms with Gasteiger partial charge in [-0.15, -0.1) is 11.3 Å². The highest BCUT2D eigenvalue weighted by Crippen LogP contribution is 2.44. The molecule has 0 N–H and O–H groups in total. The smallest absolute Gasteiger partial charge is 0.173 e. The fourth-order valence-electron chi connectivity index (χ4n) is 3.81. The van der Waals surface area contributed by atoms with Gasteiger partial charge in [-0.25, -0.2) is 14.4 Å². The molecule has 2 aromatic heterocycles. The number of thioether (sulfide) groups is 1. The van der Waals surface area contributed by atoms with Gasteiger partial charge in [0.05, 0.1) is 5.75 Å². The summed E-state index contributed by atoms with van der Waals surface area (Å²) in [6.45, 7) is 2.31. The minimum atomic E-state index is -0.324. The Kier molecular flexibility index (Phi) is 4.71. The Bertz CT molecular complexity index is 1060. The number of thiophene rings is 1. The van der Waals surface area contributed by atoms with Crippen LogP contribution in [0.2, 0.25) is 0 Å². The molecule has 2 aliphatic carbocycles. The molecule has 144 valence electrons. The van der Waals surface area contributed by atoms with Gasteiger partial charge in [0.15, 0.2) is 5.78 Å².